The first kappa shape index (κ1) is 33.2. The van der Waals surface area contributed by atoms with E-state index in [1.807, 2.05) is 42.1 Å². The molecule has 1 aromatic rings. The van der Waals surface area contributed by atoms with Crippen LogP contribution in [0.3, 0.4) is 0 Å². The van der Waals surface area contributed by atoms with Gasteiger partial charge < -0.3 is 23.4 Å². The average molecular weight is 530 g/mol. The number of hydrogen-bond acceptors (Lipinski definition) is 6. The second-order valence-electron chi connectivity index (χ2n) is 9.44. The SMILES string of the molecule is CCCCCCCCCCCCCCCCOC[C@@H](COP(=O)([O-])OCC[n+]1ccccc1)OCC. The number of rotatable bonds is 26. The van der Waals surface area contributed by atoms with Gasteiger partial charge in [-0.25, -0.2) is 4.57 Å². The lowest BCUT2D eigenvalue weighted by molar-refractivity contribution is -0.697. The van der Waals surface area contributed by atoms with Gasteiger partial charge >= 0.3 is 0 Å². The second kappa shape index (κ2) is 23.3. The van der Waals surface area contributed by atoms with Crippen molar-refractivity contribution in [1.82, 2.24) is 0 Å². The zero-order chi connectivity index (χ0) is 26.2. The summed E-state index contributed by atoms with van der Waals surface area (Å²) in [5.74, 6) is 0. The van der Waals surface area contributed by atoms with Crippen molar-refractivity contribution in [2.75, 3.05) is 33.0 Å². The largest absolute Gasteiger partial charge is 0.756 e. The van der Waals surface area contributed by atoms with Gasteiger partial charge in [-0.3, -0.25) is 4.57 Å². The van der Waals surface area contributed by atoms with Crippen LogP contribution in [0, 0.1) is 0 Å². The minimum absolute atomic E-state index is 0.0182. The summed E-state index contributed by atoms with van der Waals surface area (Å²) in [5, 5.41) is 0. The molecule has 0 aromatic carbocycles. The van der Waals surface area contributed by atoms with Crippen LogP contribution in [0.1, 0.15) is 104 Å². The molecule has 0 spiro atoms. The molecule has 36 heavy (non-hydrogen) atoms. The summed E-state index contributed by atoms with van der Waals surface area (Å²) in [5.41, 5.74) is 0. The van der Waals surface area contributed by atoms with Crippen molar-refractivity contribution in [3.05, 3.63) is 30.6 Å². The van der Waals surface area contributed by atoms with Crippen molar-refractivity contribution >= 4 is 7.82 Å². The van der Waals surface area contributed by atoms with Crippen molar-refractivity contribution in [2.24, 2.45) is 0 Å². The maximum absolute atomic E-state index is 12.0. The molecule has 210 valence electrons. The lowest BCUT2D eigenvalue weighted by atomic mass is 10.0. The molecule has 7 nitrogen and oxygen atoms in total. The molecular weight excluding hydrogens is 477 g/mol. The van der Waals surface area contributed by atoms with Crippen LogP contribution >= 0.6 is 7.82 Å². The highest BCUT2D eigenvalue weighted by molar-refractivity contribution is 7.45. The summed E-state index contributed by atoms with van der Waals surface area (Å²) in [7, 11) is -4.38. The molecule has 0 aliphatic rings. The molecule has 2 atom stereocenters. The van der Waals surface area contributed by atoms with E-state index in [1.165, 1.54) is 77.0 Å². The smallest absolute Gasteiger partial charge is 0.268 e. The number of pyridine rings is 1. The first-order chi connectivity index (χ1) is 17.6. The van der Waals surface area contributed by atoms with Gasteiger partial charge in [-0.1, -0.05) is 96.5 Å². The van der Waals surface area contributed by atoms with Gasteiger partial charge in [-0.2, -0.15) is 0 Å². The molecule has 1 unspecified atom stereocenters. The third kappa shape index (κ3) is 20.3. The van der Waals surface area contributed by atoms with Crippen molar-refractivity contribution in [3.63, 3.8) is 0 Å². The number of aromatic nitrogens is 1. The molecule has 0 N–H and O–H groups in total. The first-order valence-corrected chi connectivity index (χ1v) is 15.8. The molecule has 0 aliphatic heterocycles. The van der Waals surface area contributed by atoms with Crippen LogP contribution in [-0.2, 0) is 29.6 Å². The molecule has 0 bridgehead atoms. The summed E-state index contributed by atoms with van der Waals surface area (Å²) in [6.45, 7) is 5.90. The van der Waals surface area contributed by atoms with Crippen molar-refractivity contribution in [1.29, 1.82) is 0 Å². The maximum Gasteiger partial charge on any atom is 0.268 e. The Kier molecular flexibility index (Phi) is 21.5. The van der Waals surface area contributed by atoms with E-state index in [9.17, 15) is 9.46 Å². The zero-order valence-corrected chi connectivity index (χ0v) is 23.8. The van der Waals surface area contributed by atoms with E-state index < -0.39 is 13.9 Å². The van der Waals surface area contributed by atoms with Crippen molar-refractivity contribution in [2.45, 2.75) is 116 Å². The first-order valence-electron chi connectivity index (χ1n) is 14.3. The molecule has 1 aromatic heterocycles. The van der Waals surface area contributed by atoms with Crippen LogP contribution in [0.4, 0.5) is 0 Å². The summed E-state index contributed by atoms with van der Waals surface area (Å²) in [6.07, 6.45) is 21.8. The summed E-state index contributed by atoms with van der Waals surface area (Å²) < 4.78 is 35.1. The zero-order valence-electron chi connectivity index (χ0n) is 23.0. The Morgan fingerprint density at radius 1 is 0.722 bits per heavy atom. The lowest BCUT2D eigenvalue weighted by Gasteiger charge is -2.25. The molecule has 8 heteroatoms. The Morgan fingerprint density at radius 2 is 1.28 bits per heavy atom. The third-order valence-corrected chi connectivity index (χ3v) is 7.11. The molecular formula is C28H52NO6P. The number of phosphoric ester groups is 1. The van der Waals surface area contributed by atoms with E-state index in [4.69, 9.17) is 18.5 Å². The predicted molar refractivity (Wildman–Crippen MR) is 143 cm³/mol. The van der Waals surface area contributed by atoms with E-state index in [2.05, 4.69) is 6.92 Å². The molecule has 0 fully saturated rings. The highest BCUT2D eigenvalue weighted by Gasteiger charge is 2.16. The standard InChI is InChI=1S/C28H52NO6P/c1-3-5-6-7-8-9-10-11-12-13-14-15-16-20-24-32-26-28(33-4-2)27-35-36(30,31)34-25-23-29-21-18-17-19-22-29/h17-19,21-22,28H,3-16,20,23-27H2,1-2H3/t28-/m0/s1. The molecule has 0 radical (unpaired) electrons. The molecule has 1 heterocycles. The van der Waals surface area contributed by atoms with E-state index in [1.54, 1.807) is 0 Å². The molecule has 0 saturated heterocycles. The van der Waals surface area contributed by atoms with E-state index in [0.29, 0.717) is 26.4 Å². The highest BCUT2D eigenvalue weighted by Crippen LogP contribution is 2.38. The van der Waals surface area contributed by atoms with Crippen molar-refractivity contribution in [3.8, 4) is 0 Å². The van der Waals surface area contributed by atoms with Crippen LogP contribution in [0.15, 0.2) is 30.6 Å². The Labute approximate surface area is 220 Å². The fraction of sp³-hybridized carbons (Fsp3) is 0.821. The molecule has 1 rings (SSSR count). The average Bonchev–Trinajstić information content (AvgIpc) is 2.87. The number of nitrogens with zero attached hydrogens (tertiary/aromatic N) is 1. The molecule has 0 amide bonds. The maximum atomic E-state index is 12.0. The number of ether oxygens (including phenoxy) is 2. The van der Waals surface area contributed by atoms with Crippen LogP contribution < -0.4 is 9.46 Å². The molecule has 0 saturated carbocycles. The second-order valence-corrected chi connectivity index (χ2v) is 10.8. The molecule has 0 aliphatic carbocycles. The Hall–Kier alpha value is -0.820. The number of phosphoric acid groups is 1. The van der Waals surface area contributed by atoms with Gasteiger partial charge in [0.05, 0.1) is 13.2 Å². The van der Waals surface area contributed by atoms with E-state index in [0.717, 1.165) is 12.8 Å². The van der Waals surface area contributed by atoms with Gasteiger partial charge in [0.1, 0.15) is 12.7 Å². The van der Waals surface area contributed by atoms with Gasteiger partial charge in [0.2, 0.25) is 0 Å². The van der Waals surface area contributed by atoms with Crippen molar-refractivity contribution < 1.29 is 32.5 Å². The summed E-state index contributed by atoms with van der Waals surface area (Å²) in [4.78, 5) is 12.0. The van der Waals surface area contributed by atoms with Gasteiger partial charge in [0.15, 0.2) is 18.9 Å². The van der Waals surface area contributed by atoms with Gasteiger partial charge in [0.25, 0.3) is 7.82 Å². The Bertz CT molecular complexity index is 648. The van der Waals surface area contributed by atoms with E-state index in [-0.39, 0.29) is 13.2 Å². The minimum Gasteiger partial charge on any atom is -0.756 e. The predicted octanol–water partition coefficient (Wildman–Crippen LogP) is 6.38. The van der Waals surface area contributed by atoms with Gasteiger partial charge in [-0.15, -0.1) is 0 Å². The van der Waals surface area contributed by atoms with Gasteiger partial charge in [0, 0.05) is 25.3 Å². The Balaban J connectivity index is 1.98. The quantitative estimate of drug-likeness (QED) is 0.0787. The highest BCUT2D eigenvalue weighted by atomic mass is 31.2. The normalized spacial score (nSPS) is 14.1. The third-order valence-electron chi connectivity index (χ3n) is 6.14. The lowest BCUT2D eigenvalue weighted by Crippen LogP contribution is -2.35. The van der Waals surface area contributed by atoms with Crippen LogP contribution in [0.25, 0.3) is 0 Å². The van der Waals surface area contributed by atoms with Crippen LogP contribution in [0.5, 0.6) is 0 Å². The van der Waals surface area contributed by atoms with Gasteiger partial charge in [-0.05, 0) is 13.3 Å². The monoisotopic (exact) mass is 529 g/mol. The van der Waals surface area contributed by atoms with Crippen LogP contribution in [-0.4, -0.2) is 39.1 Å². The number of unbranched alkanes of at least 4 members (excludes halogenated alkanes) is 13. The van der Waals surface area contributed by atoms with E-state index >= 15 is 0 Å². The fourth-order valence-corrected chi connectivity index (χ4v) is 4.78. The summed E-state index contributed by atoms with van der Waals surface area (Å²) in [6, 6.07) is 5.64. The fourth-order valence-electron chi connectivity index (χ4n) is 4.05. The Morgan fingerprint density at radius 3 is 1.83 bits per heavy atom. The van der Waals surface area contributed by atoms with Crippen LogP contribution in [0.2, 0.25) is 0 Å². The number of hydrogen-bond donors (Lipinski definition) is 0. The topological polar surface area (TPSA) is 80.9 Å². The minimum atomic E-state index is -4.38. The summed E-state index contributed by atoms with van der Waals surface area (Å²) >= 11 is 0.